The van der Waals surface area contributed by atoms with E-state index in [2.05, 4.69) is 24.0 Å². The SMILES string of the molecule is CC1=CC=C(N2CCCCC2)CC1. The highest BCUT2D eigenvalue weighted by Crippen LogP contribution is 2.23. The minimum Gasteiger partial charge on any atom is -0.375 e. The van der Waals surface area contributed by atoms with E-state index < -0.39 is 0 Å². The second-order valence-corrected chi connectivity index (χ2v) is 4.22. The van der Waals surface area contributed by atoms with Gasteiger partial charge in [-0.3, -0.25) is 0 Å². The van der Waals surface area contributed by atoms with Crippen LogP contribution in [-0.2, 0) is 0 Å². The molecule has 0 aromatic carbocycles. The lowest BCUT2D eigenvalue weighted by molar-refractivity contribution is 0.276. The fourth-order valence-electron chi connectivity index (χ4n) is 2.18. The molecule has 0 N–H and O–H groups in total. The smallest absolute Gasteiger partial charge is 0.0175 e. The monoisotopic (exact) mass is 177 g/mol. The van der Waals surface area contributed by atoms with E-state index in [1.807, 2.05) is 0 Å². The Labute approximate surface area is 81.1 Å². The van der Waals surface area contributed by atoms with Crippen molar-refractivity contribution in [2.75, 3.05) is 13.1 Å². The van der Waals surface area contributed by atoms with Crippen molar-refractivity contribution in [3.05, 3.63) is 23.4 Å². The molecule has 0 atom stereocenters. The molecule has 0 radical (unpaired) electrons. The van der Waals surface area contributed by atoms with Gasteiger partial charge in [0.1, 0.15) is 0 Å². The van der Waals surface area contributed by atoms with Gasteiger partial charge < -0.3 is 4.90 Å². The van der Waals surface area contributed by atoms with E-state index in [9.17, 15) is 0 Å². The van der Waals surface area contributed by atoms with E-state index in [4.69, 9.17) is 0 Å². The molecule has 1 aliphatic heterocycles. The Morgan fingerprint density at radius 3 is 2.38 bits per heavy atom. The van der Waals surface area contributed by atoms with Crippen LogP contribution in [0.25, 0.3) is 0 Å². The van der Waals surface area contributed by atoms with Crippen molar-refractivity contribution in [1.29, 1.82) is 0 Å². The highest BCUT2D eigenvalue weighted by molar-refractivity contribution is 5.22. The molecule has 1 aliphatic carbocycles. The fourth-order valence-corrected chi connectivity index (χ4v) is 2.18. The number of piperidine rings is 1. The summed E-state index contributed by atoms with van der Waals surface area (Å²) >= 11 is 0. The molecule has 0 spiro atoms. The van der Waals surface area contributed by atoms with Gasteiger partial charge in [0.05, 0.1) is 0 Å². The first kappa shape index (κ1) is 8.86. The quantitative estimate of drug-likeness (QED) is 0.595. The van der Waals surface area contributed by atoms with Crippen molar-refractivity contribution in [1.82, 2.24) is 4.90 Å². The van der Waals surface area contributed by atoms with Gasteiger partial charge >= 0.3 is 0 Å². The Morgan fingerprint density at radius 1 is 1.00 bits per heavy atom. The van der Waals surface area contributed by atoms with E-state index in [1.165, 1.54) is 50.8 Å². The topological polar surface area (TPSA) is 3.24 Å². The minimum atomic E-state index is 1.27. The molecule has 0 amide bonds. The van der Waals surface area contributed by atoms with Gasteiger partial charge in [-0.2, -0.15) is 0 Å². The van der Waals surface area contributed by atoms with E-state index in [0.717, 1.165) is 0 Å². The van der Waals surface area contributed by atoms with Crippen molar-refractivity contribution in [3.8, 4) is 0 Å². The molecule has 1 nitrogen and oxygen atoms in total. The first-order chi connectivity index (χ1) is 6.36. The van der Waals surface area contributed by atoms with Gasteiger partial charge in [-0.15, -0.1) is 0 Å². The molecule has 1 fully saturated rings. The van der Waals surface area contributed by atoms with Gasteiger partial charge in [-0.1, -0.05) is 11.6 Å². The summed E-state index contributed by atoms with van der Waals surface area (Å²) in [5.41, 5.74) is 3.10. The predicted octanol–water partition coefficient (Wildman–Crippen LogP) is 3.10. The molecule has 2 aliphatic rings. The largest absolute Gasteiger partial charge is 0.375 e. The maximum atomic E-state index is 2.58. The summed E-state index contributed by atoms with van der Waals surface area (Å²) in [4.78, 5) is 2.58. The Morgan fingerprint density at radius 2 is 1.77 bits per heavy atom. The van der Waals surface area contributed by atoms with Gasteiger partial charge in [-0.25, -0.2) is 0 Å². The lowest BCUT2D eigenvalue weighted by atomic mass is 10.0. The zero-order valence-corrected chi connectivity index (χ0v) is 8.55. The molecule has 1 saturated heterocycles. The molecular formula is C12H19N. The predicted molar refractivity (Wildman–Crippen MR) is 56.5 cm³/mol. The molecule has 0 aromatic heterocycles. The molecule has 1 heterocycles. The summed E-state index contributed by atoms with van der Waals surface area (Å²) in [5.74, 6) is 0. The van der Waals surface area contributed by atoms with Gasteiger partial charge in [-0.05, 0) is 45.1 Å². The highest BCUT2D eigenvalue weighted by Gasteiger charge is 2.14. The highest BCUT2D eigenvalue weighted by atomic mass is 15.1. The summed E-state index contributed by atoms with van der Waals surface area (Å²) in [6.07, 6.45) is 11.3. The molecule has 0 bridgehead atoms. The van der Waals surface area contributed by atoms with Crippen LogP contribution in [0.15, 0.2) is 23.4 Å². The Kier molecular flexibility index (Phi) is 2.72. The van der Waals surface area contributed by atoms with Gasteiger partial charge in [0.25, 0.3) is 0 Å². The first-order valence-corrected chi connectivity index (χ1v) is 5.47. The lowest BCUT2D eigenvalue weighted by Gasteiger charge is -2.32. The fraction of sp³-hybridized carbons (Fsp3) is 0.667. The Bertz CT molecular complexity index is 232. The average molecular weight is 177 g/mol. The van der Waals surface area contributed by atoms with Crippen LogP contribution in [0.3, 0.4) is 0 Å². The van der Waals surface area contributed by atoms with Crippen molar-refractivity contribution < 1.29 is 0 Å². The minimum absolute atomic E-state index is 1.27. The number of allylic oxidation sites excluding steroid dienone is 4. The van der Waals surface area contributed by atoms with Crippen LogP contribution in [-0.4, -0.2) is 18.0 Å². The third-order valence-corrected chi connectivity index (χ3v) is 3.10. The van der Waals surface area contributed by atoms with Crippen LogP contribution < -0.4 is 0 Å². The number of rotatable bonds is 1. The zero-order valence-electron chi connectivity index (χ0n) is 8.55. The molecule has 72 valence electrons. The van der Waals surface area contributed by atoms with E-state index in [1.54, 1.807) is 5.70 Å². The number of likely N-dealkylation sites (tertiary alicyclic amines) is 1. The maximum absolute atomic E-state index is 2.58. The third kappa shape index (κ3) is 2.15. The van der Waals surface area contributed by atoms with Crippen LogP contribution in [0.1, 0.15) is 39.0 Å². The average Bonchev–Trinajstić information content (AvgIpc) is 2.20. The van der Waals surface area contributed by atoms with Gasteiger partial charge in [0.15, 0.2) is 0 Å². The van der Waals surface area contributed by atoms with E-state index in [0.29, 0.717) is 0 Å². The molecular weight excluding hydrogens is 158 g/mol. The van der Waals surface area contributed by atoms with Gasteiger partial charge in [0, 0.05) is 18.8 Å². The number of hydrogen-bond donors (Lipinski definition) is 0. The third-order valence-electron chi connectivity index (χ3n) is 3.10. The summed E-state index contributed by atoms with van der Waals surface area (Å²) < 4.78 is 0. The summed E-state index contributed by atoms with van der Waals surface area (Å²) in [5, 5.41) is 0. The Hall–Kier alpha value is -0.720. The van der Waals surface area contributed by atoms with Crippen molar-refractivity contribution in [2.45, 2.75) is 39.0 Å². The normalized spacial score (nSPS) is 23.9. The van der Waals surface area contributed by atoms with E-state index >= 15 is 0 Å². The zero-order chi connectivity index (χ0) is 9.10. The van der Waals surface area contributed by atoms with Crippen LogP contribution in [0.2, 0.25) is 0 Å². The molecule has 13 heavy (non-hydrogen) atoms. The summed E-state index contributed by atoms with van der Waals surface area (Å²) in [7, 11) is 0. The van der Waals surface area contributed by atoms with Crippen LogP contribution in [0.4, 0.5) is 0 Å². The molecule has 1 heteroatoms. The van der Waals surface area contributed by atoms with Crippen LogP contribution in [0, 0.1) is 0 Å². The maximum Gasteiger partial charge on any atom is 0.0175 e. The van der Waals surface area contributed by atoms with Crippen LogP contribution in [0.5, 0.6) is 0 Å². The summed E-state index contributed by atoms with van der Waals surface area (Å²) in [6, 6.07) is 0. The summed E-state index contributed by atoms with van der Waals surface area (Å²) in [6.45, 7) is 4.81. The second-order valence-electron chi connectivity index (χ2n) is 4.22. The van der Waals surface area contributed by atoms with Crippen LogP contribution >= 0.6 is 0 Å². The molecule has 0 unspecified atom stereocenters. The number of hydrogen-bond acceptors (Lipinski definition) is 1. The lowest BCUT2D eigenvalue weighted by Crippen LogP contribution is -2.29. The van der Waals surface area contributed by atoms with Crippen molar-refractivity contribution in [2.24, 2.45) is 0 Å². The molecule has 2 rings (SSSR count). The standard InChI is InChI=1S/C12H19N/c1-11-5-7-12(8-6-11)13-9-3-2-4-10-13/h5,7H,2-4,6,8-10H2,1H3. The second kappa shape index (κ2) is 3.99. The van der Waals surface area contributed by atoms with Crippen molar-refractivity contribution in [3.63, 3.8) is 0 Å². The first-order valence-electron chi connectivity index (χ1n) is 5.47. The van der Waals surface area contributed by atoms with Gasteiger partial charge in [0.2, 0.25) is 0 Å². The molecule has 0 saturated carbocycles. The van der Waals surface area contributed by atoms with Crippen molar-refractivity contribution >= 4 is 0 Å². The number of nitrogens with zero attached hydrogens (tertiary/aromatic N) is 1. The Balaban J connectivity index is 1.99. The van der Waals surface area contributed by atoms with E-state index in [-0.39, 0.29) is 0 Å². The molecule has 0 aromatic rings.